The minimum absolute atomic E-state index is 0.300. The number of nitrogens with zero attached hydrogens (tertiary/aromatic N) is 4. The third-order valence-corrected chi connectivity index (χ3v) is 5.78. The summed E-state index contributed by atoms with van der Waals surface area (Å²) in [6.45, 7) is 1.78. The maximum atomic E-state index is 13.4. The summed E-state index contributed by atoms with van der Waals surface area (Å²) in [7, 11) is 0. The smallest absolute Gasteiger partial charge is 0.277 e. The molecule has 6 nitrogen and oxygen atoms in total. The predicted molar refractivity (Wildman–Crippen MR) is 115 cm³/mol. The number of aromatic nitrogens is 3. The van der Waals surface area contributed by atoms with Crippen LogP contribution in [0.4, 0.5) is 0 Å². The molecule has 7 heteroatoms. The minimum atomic E-state index is -0.987. The highest BCUT2D eigenvalue weighted by Crippen LogP contribution is 2.32. The average Bonchev–Trinajstić information content (AvgIpc) is 3.38. The summed E-state index contributed by atoms with van der Waals surface area (Å²) in [6.07, 6.45) is 0. The molecule has 0 bridgehead atoms. The Morgan fingerprint density at radius 3 is 2.30 bits per heavy atom. The molecule has 0 saturated carbocycles. The highest BCUT2D eigenvalue weighted by atomic mass is 32.1. The van der Waals surface area contributed by atoms with Gasteiger partial charge in [0.05, 0.1) is 17.8 Å². The lowest BCUT2D eigenvalue weighted by Gasteiger charge is -2.16. The Morgan fingerprint density at radius 1 is 1.03 bits per heavy atom. The first-order chi connectivity index (χ1) is 14.6. The van der Waals surface area contributed by atoms with Gasteiger partial charge < -0.3 is 0 Å². The van der Waals surface area contributed by atoms with Crippen LogP contribution in [-0.2, 0) is 0 Å². The highest BCUT2D eigenvalue weighted by Gasteiger charge is 2.31. The van der Waals surface area contributed by atoms with Crippen LogP contribution in [0, 0.1) is 35.5 Å². The van der Waals surface area contributed by atoms with E-state index in [0.717, 1.165) is 16.8 Å². The fourth-order valence-electron chi connectivity index (χ4n) is 3.53. The Bertz CT molecular complexity index is 1290. The Morgan fingerprint density at radius 2 is 1.67 bits per heavy atom. The number of aromatic amines is 1. The lowest BCUT2D eigenvalue weighted by atomic mass is 9.82. The van der Waals surface area contributed by atoms with Crippen molar-refractivity contribution in [3.8, 4) is 28.5 Å². The lowest BCUT2D eigenvalue weighted by Crippen LogP contribution is -2.23. The molecule has 1 N–H and O–H groups in total. The number of rotatable bonds is 5. The molecule has 146 valence electrons. The van der Waals surface area contributed by atoms with Crippen molar-refractivity contribution >= 4 is 11.3 Å². The van der Waals surface area contributed by atoms with Gasteiger partial charge >= 0.3 is 0 Å². The second-order valence-corrected chi connectivity index (χ2v) is 7.63. The highest BCUT2D eigenvalue weighted by molar-refractivity contribution is 7.12. The molecule has 0 saturated heterocycles. The van der Waals surface area contributed by atoms with Gasteiger partial charge in [-0.05, 0) is 12.5 Å². The van der Waals surface area contributed by atoms with Gasteiger partial charge in [0, 0.05) is 28.1 Å². The van der Waals surface area contributed by atoms with Gasteiger partial charge in [0.15, 0.2) is 0 Å². The summed E-state index contributed by atoms with van der Waals surface area (Å²) in [5.74, 6) is -1.64. The first kappa shape index (κ1) is 19.4. The quantitative estimate of drug-likeness (QED) is 0.526. The van der Waals surface area contributed by atoms with E-state index < -0.39 is 11.8 Å². The van der Waals surface area contributed by atoms with Gasteiger partial charge in [0.25, 0.3) is 5.56 Å². The third kappa shape index (κ3) is 3.43. The first-order valence-corrected chi connectivity index (χ1v) is 10.2. The van der Waals surface area contributed by atoms with Crippen molar-refractivity contribution in [3.63, 3.8) is 0 Å². The number of H-pyrrole nitrogens is 1. The molecule has 1 atom stereocenters. The summed E-state index contributed by atoms with van der Waals surface area (Å²) in [4.78, 5) is 18.0. The zero-order chi connectivity index (χ0) is 21.1. The van der Waals surface area contributed by atoms with Gasteiger partial charge in [-0.15, -0.1) is 11.3 Å². The Labute approximate surface area is 177 Å². The van der Waals surface area contributed by atoms with Crippen LogP contribution in [0.15, 0.2) is 70.8 Å². The monoisotopic (exact) mass is 411 g/mol. The van der Waals surface area contributed by atoms with E-state index in [-0.39, 0.29) is 5.56 Å². The maximum absolute atomic E-state index is 13.4. The van der Waals surface area contributed by atoms with E-state index in [1.54, 1.807) is 6.92 Å². The number of hydrogen-bond donors (Lipinski definition) is 1. The van der Waals surface area contributed by atoms with E-state index in [1.165, 1.54) is 16.0 Å². The summed E-state index contributed by atoms with van der Waals surface area (Å²) >= 11 is 1.35. The fourth-order valence-corrected chi connectivity index (χ4v) is 4.32. The predicted octanol–water partition coefficient (Wildman–Crippen LogP) is 4.39. The fraction of sp³-hybridized carbons (Fsp3) is 0.130. The molecule has 0 unspecified atom stereocenters. The molecule has 2 aromatic carbocycles. The van der Waals surface area contributed by atoms with Crippen molar-refractivity contribution < 1.29 is 0 Å². The second kappa shape index (κ2) is 8.20. The van der Waals surface area contributed by atoms with Gasteiger partial charge in [0.2, 0.25) is 5.13 Å². The molecule has 0 aliphatic rings. The standard InChI is InChI=1S/C23H17N5OS/c1-15-20(21(18(12-24)13-25)17-10-6-3-7-11-17)22(29)28(27-15)23-26-19(14-30-23)16-8-4-2-5-9-16/h2-11,14,18,21,27H,1H3/t21-/m1/s1. The third-order valence-electron chi connectivity index (χ3n) is 4.95. The van der Waals surface area contributed by atoms with E-state index in [1.807, 2.05) is 78.2 Å². The number of benzene rings is 2. The van der Waals surface area contributed by atoms with Crippen LogP contribution in [0.3, 0.4) is 0 Å². The van der Waals surface area contributed by atoms with E-state index in [0.29, 0.717) is 16.4 Å². The Kier molecular flexibility index (Phi) is 5.30. The van der Waals surface area contributed by atoms with Crippen LogP contribution >= 0.6 is 11.3 Å². The molecule has 4 aromatic rings. The minimum Gasteiger partial charge on any atom is -0.293 e. The van der Waals surface area contributed by atoms with E-state index >= 15 is 0 Å². The van der Waals surface area contributed by atoms with Crippen molar-refractivity contribution in [2.75, 3.05) is 0 Å². The molecule has 2 heterocycles. The lowest BCUT2D eigenvalue weighted by molar-refractivity contribution is 0.699. The van der Waals surface area contributed by atoms with Crippen molar-refractivity contribution in [2.45, 2.75) is 12.8 Å². The van der Waals surface area contributed by atoms with E-state index in [9.17, 15) is 15.3 Å². The van der Waals surface area contributed by atoms with Gasteiger partial charge in [-0.2, -0.15) is 15.2 Å². The molecule has 4 rings (SSSR count). The summed E-state index contributed by atoms with van der Waals surface area (Å²) in [6, 6.07) is 23.0. The average molecular weight is 411 g/mol. The molecular formula is C23H17N5OS. The van der Waals surface area contributed by atoms with Crippen LogP contribution < -0.4 is 5.56 Å². The van der Waals surface area contributed by atoms with Crippen LogP contribution in [0.1, 0.15) is 22.7 Å². The van der Waals surface area contributed by atoms with Crippen LogP contribution in [-0.4, -0.2) is 14.8 Å². The van der Waals surface area contributed by atoms with E-state index in [2.05, 4.69) is 10.1 Å². The summed E-state index contributed by atoms with van der Waals surface area (Å²) in [5, 5.41) is 24.6. The van der Waals surface area contributed by atoms with Gasteiger partial charge in [0.1, 0.15) is 5.92 Å². The molecule has 0 amide bonds. The van der Waals surface area contributed by atoms with Gasteiger partial charge in [-0.1, -0.05) is 60.7 Å². The molecule has 0 aliphatic carbocycles. The number of thiazole rings is 1. The number of nitriles is 2. The largest absolute Gasteiger partial charge is 0.293 e. The normalized spacial score (nSPS) is 11.7. The van der Waals surface area contributed by atoms with Crippen molar-refractivity contribution in [3.05, 3.63) is 93.2 Å². The summed E-state index contributed by atoms with van der Waals surface area (Å²) in [5.41, 5.74) is 3.22. The van der Waals surface area contributed by atoms with Crippen LogP contribution in [0.2, 0.25) is 0 Å². The summed E-state index contributed by atoms with van der Waals surface area (Å²) < 4.78 is 1.39. The number of nitrogens with one attached hydrogen (secondary N) is 1. The first-order valence-electron chi connectivity index (χ1n) is 9.31. The van der Waals surface area contributed by atoms with Crippen molar-refractivity contribution in [1.82, 2.24) is 14.8 Å². The second-order valence-electron chi connectivity index (χ2n) is 6.80. The molecule has 30 heavy (non-hydrogen) atoms. The maximum Gasteiger partial charge on any atom is 0.277 e. The Balaban J connectivity index is 1.82. The van der Waals surface area contributed by atoms with Crippen LogP contribution in [0.25, 0.3) is 16.4 Å². The van der Waals surface area contributed by atoms with Gasteiger partial charge in [-0.25, -0.2) is 4.98 Å². The molecule has 0 radical (unpaired) electrons. The number of hydrogen-bond acceptors (Lipinski definition) is 5. The molecule has 0 aliphatic heterocycles. The van der Waals surface area contributed by atoms with Crippen molar-refractivity contribution in [2.24, 2.45) is 5.92 Å². The zero-order valence-electron chi connectivity index (χ0n) is 16.1. The SMILES string of the molecule is Cc1[nH]n(-c2nc(-c3ccccc3)cs2)c(=O)c1[C@H](c1ccccc1)C(C#N)C#N. The van der Waals surface area contributed by atoms with E-state index in [4.69, 9.17) is 0 Å². The topological polar surface area (TPSA) is 98.3 Å². The van der Waals surface area contributed by atoms with Crippen molar-refractivity contribution in [1.29, 1.82) is 10.5 Å². The molecule has 0 fully saturated rings. The van der Waals surface area contributed by atoms with Gasteiger partial charge in [-0.3, -0.25) is 9.89 Å². The Hall–Kier alpha value is -3.94. The molecule has 2 aromatic heterocycles. The molecule has 0 spiro atoms. The molecular weight excluding hydrogens is 394 g/mol. The van der Waals surface area contributed by atoms with Crippen LogP contribution in [0.5, 0.6) is 0 Å². The zero-order valence-corrected chi connectivity index (χ0v) is 16.9. The number of aryl methyl sites for hydroxylation is 1.